The van der Waals surface area contributed by atoms with Crippen LogP contribution < -0.4 is 0 Å². The second-order valence-electron chi connectivity index (χ2n) is 4.69. The van der Waals surface area contributed by atoms with Crippen LogP contribution in [0.15, 0.2) is 36.7 Å². The Morgan fingerprint density at radius 2 is 2.05 bits per heavy atom. The van der Waals surface area contributed by atoms with Crippen LogP contribution in [0.2, 0.25) is 10.0 Å². The molecule has 6 heteroatoms. The number of nitrogens with zero attached hydrogens (tertiary/aromatic N) is 3. The van der Waals surface area contributed by atoms with Crippen LogP contribution in [0, 0.1) is 0 Å². The fourth-order valence-electron chi connectivity index (χ4n) is 1.86. The van der Waals surface area contributed by atoms with E-state index in [-0.39, 0.29) is 5.91 Å². The van der Waals surface area contributed by atoms with E-state index in [1.165, 1.54) is 6.08 Å². The molecule has 1 amide bonds. The molecule has 0 unspecified atom stereocenters. The highest BCUT2D eigenvalue weighted by Gasteiger charge is 2.08. The molecule has 2 rings (SSSR count). The van der Waals surface area contributed by atoms with Crippen LogP contribution in [0.3, 0.4) is 0 Å². The highest BCUT2D eigenvalue weighted by atomic mass is 35.5. The topological polar surface area (TPSA) is 38.1 Å². The number of benzene rings is 1. The lowest BCUT2D eigenvalue weighted by atomic mass is 10.2. The van der Waals surface area contributed by atoms with E-state index in [2.05, 4.69) is 5.10 Å². The SMILES string of the molecule is CN(Cc1cnn(C)c1)C(=O)/C=C/c1c(Cl)cccc1Cl. The van der Waals surface area contributed by atoms with Gasteiger partial charge in [-0.25, -0.2) is 0 Å². The molecule has 0 atom stereocenters. The third-order valence-electron chi connectivity index (χ3n) is 2.95. The number of halogens is 2. The zero-order valence-electron chi connectivity index (χ0n) is 11.8. The number of carbonyl (C=O) groups is 1. The van der Waals surface area contributed by atoms with Crippen LogP contribution in [0.1, 0.15) is 11.1 Å². The first kappa shape index (κ1) is 15.6. The van der Waals surface area contributed by atoms with Crippen molar-refractivity contribution in [1.82, 2.24) is 14.7 Å². The summed E-state index contributed by atoms with van der Waals surface area (Å²) in [4.78, 5) is 13.7. The van der Waals surface area contributed by atoms with E-state index in [0.717, 1.165) is 5.56 Å². The highest BCUT2D eigenvalue weighted by Crippen LogP contribution is 2.25. The molecule has 0 bridgehead atoms. The highest BCUT2D eigenvalue weighted by molar-refractivity contribution is 6.37. The minimum atomic E-state index is -0.130. The Morgan fingerprint density at radius 1 is 1.38 bits per heavy atom. The molecule has 0 aliphatic rings. The van der Waals surface area contributed by atoms with Crippen LogP contribution in [-0.2, 0) is 18.4 Å². The Balaban J connectivity index is 2.05. The molecule has 4 nitrogen and oxygen atoms in total. The first-order chi connectivity index (χ1) is 9.97. The fraction of sp³-hybridized carbons (Fsp3) is 0.200. The van der Waals surface area contributed by atoms with E-state index in [4.69, 9.17) is 23.2 Å². The first-order valence-electron chi connectivity index (χ1n) is 6.32. The first-order valence-corrected chi connectivity index (χ1v) is 7.07. The molecule has 0 N–H and O–H groups in total. The summed E-state index contributed by atoms with van der Waals surface area (Å²) < 4.78 is 1.70. The van der Waals surface area contributed by atoms with Crippen molar-refractivity contribution >= 4 is 35.2 Å². The Labute approximate surface area is 133 Å². The van der Waals surface area contributed by atoms with Gasteiger partial charge in [0.2, 0.25) is 5.91 Å². The number of rotatable bonds is 4. The van der Waals surface area contributed by atoms with Gasteiger partial charge in [-0.15, -0.1) is 0 Å². The second kappa shape index (κ2) is 6.78. The van der Waals surface area contributed by atoms with E-state index in [1.54, 1.807) is 47.1 Å². The number of hydrogen-bond acceptors (Lipinski definition) is 2. The minimum absolute atomic E-state index is 0.130. The smallest absolute Gasteiger partial charge is 0.246 e. The lowest BCUT2D eigenvalue weighted by Crippen LogP contribution is -2.23. The van der Waals surface area contributed by atoms with E-state index < -0.39 is 0 Å². The van der Waals surface area contributed by atoms with E-state index in [0.29, 0.717) is 22.2 Å². The molecule has 1 aromatic heterocycles. The molecule has 0 radical (unpaired) electrons. The monoisotopic (exact) mass is 323 g/mol. The van der Waals surface area contributed by atoms with Crippen molar-refractivity contribution in [1.29, 1.82) is 0 Å². The van der Waals surface area contributed by atoms with E-state index in [9.17, 15) is 4.79 Å². The van der Waals surface area contributed by atoms with Crippen LogP contribution in [0.5, 0.6) is 0 Å². The quantitative estimate of drug-likeness (QED) is 0.809. The number of carbonyl (C=O) groups excluding carboxylic acids is 1. The number of aromatic nitrogens is 2. The molecule has 1 aromatic carbocycles. The van der Waals surface area contributed by atoms with Gasteiger partial charge >= 0.3 is 0 Å². The number of hydrogen-bond donors (Lipinski definition) is 0. The Bertz CT molecular complexity index is 659. The summed E-state index contributed by atoms with van der Waals surface area (Å²) >= 11 is 12.1. The average molecular weight is 324 g/mol. The molecule has 0 saturated heterocycles. The van der Waals surface area contributed by atoms with Gasteiger partial charge in [-0.1, -0.05) is 29.3 Å². The number of amides is 1. The molecule has 1 heterocycles. The van der Waals surface area contributed by atoms with E-state index >= 15 is 0 Å². The van der Waals surface area contributed by atoms with Gasteiger partial charge < -0.3 is 4.90 Å². The van der Waals surface area contributed by atoms with Crippen molar-refractivity contribution in [3.05, 3.63) is 57.8 Å². The molecule has 0 fully saturated rings. The van der Waals surface area contributed by atoms with Crippen molar-refractivity contribution in [3.8, 4) is 0 Å². The molecule has 110 valence electrons. The van der Waals surface area contributed by atoms with Crippen molar-refractivity contribution in [2.24, 2.45) is 7.05 Å². The Morgan fingerprint density at radius 3 is 2.62 bits per heavy atom. The summed E-state index contributed by atoms with van der Waals surface area (Å²) in [6.07, 6.45) is 6.70. The van der Waals surface area contributed by atoms with Crippen LogP contribution >= 0.6 is 23.2 Å². The van der Waals surface area contributed by atoms with Gasteiger partial charge in [0.25, 0.3) is 0 Å². The third-order valence-corrected chi connectivity index (χ3v) is 3.61. The summed E-state index contributed by atoms with van der Waals surface area (Å²) in [5.41, 5.74) is 1.61. The lowest BCUT2D eigenvalue weighted by Gasteiger charge is -2.13. The lowest BCUT2D eigenvalue weighted by molar-refractivity contribution is -0.125. The van der Waals surface area contributed by atoms with Crippen LogP contribution in [0.25, 0.3) is 6.08 Å². The van der Waals surface area contributed by atoms with Gasteiger partial charge in [0.05, 0.1) is 6.20 Å². The van der Waals surface area contributed by atoms with Gasteiger partial charge in [-0.3, -0.25) is 9.48 Å². The van der Waals surface area contributed by atoms with Gasteiger partial charge in [0.15, 0.2) is 0 Å². The van der Waals surface area contributed by atoms with Gasteiger partial charge in [0, 0.05) is 54.1 Å². The molecule has 0 spiro atoms. The molecular weight excluding hydrogens is 309 g/mol. The molecule has 21 heavy (non-hydrogen) atoms. The molecule has 0 aliphatic carbocycles. The zero-order valence-corrected chi connectivity index (χ0v) is 13.3. The van der Waals surface area contributed by atoms with Gasteiger partial charge in [0.1, 0.15) is 0 Å². The van der Waals surface area contributed by atoms with Crippen molar-refractivity contribution in [2.75, 3.05) is 7.05 Å². The van der Waals surface area contributed by atoms with E-state index in [1.807, 2.05) is 13.2 Å². The zero-order chi connectivity index (χ0) is 15.4. The summed E-state index contributed by atoms with van der Waals surface area (Å²) in [6, 6.07) is 5.23. The van der Waals surface area contributed by atoms with Crippen molar-refractivity contribution < 1.29 is 4.79 Å². The average Bonchev–Trinajstić information content (AvgIpc) is 2.83. The van der Waals surface area contributed by atoms with Crippen LogP contribution in [-0.4, -0.2) is 27.6 Å². The molecular formula is C15H15Cl2N3O. The predicted molar refractivity (Wildman–Crippen MR) is 85.2 cm³/mol. The van der Waals surface area contributed by atoms with Crippen molar-refractivity contribution in [2.45, 2.75) is 6.54 Å². The number of aryl methyl sites for hydroxylation is 1. The predicted octanol–water partition coefficient (Wildman–Crippen LogP) is 3.40. The second-order valence-corrected chi connectivity index (χ2v) is 5.50. The Kier molecular flexibility index (Phi) is 5.04. The van der Waals surface area contributed by atoms with Crippen molar-refractivity contribution in [3.63, 3.8) is 0 Å². The maximum Gasteiger partial charge on any atom is 0.246 e. The van der Waals surface area contributed by atoms with Gasteiger partial charge in [-0.05, 0) is 18.2 Å². The summed E-state index contributed by atoms with van der Waals surface area (Å²) in [5.74, 6) is -0.130. The third kappa shape index (κ3) is 4.09. The fourth-order valence-corrected chi connectivity index (χ4v) is 2.38. The molecule has 0 aliphatic heterocycles. The minimum Gasteiger partial charge on any atom is -0.338 e. The number of likely N-dealkylation sites (N-methyl/N-ethyl adjacent to an activating group) is 1. The standard InChI is InChI=1S/C15H15Cl2N3O/c1-19(9-11-8-18-20(2)10-11)15(21)7-6-12-13(16)4-3-5-14(12)17/h3-8,10H,9H2,1-2H3/b7-6+. The maximum atomic E-state index is 12.1. The largest absolute Gasteiger partial charge is 0.338 e. The summed E-state index contributed by atoms with van der Waals surface area (Å²) in [5, 5.41) is 5.10. The molecule has 0 saturated carbocycles. The Hall–Kier alpha value is -1.78. The summed E-state index contributed by atoms with van der Waals surface area (Å²) in [6.45, 7) is 0.493. The maximum absolute atomic E-state index is 12.1. The van der Waals surface area contributed by atoms with Gasteiger partial charge in [-0.2, -0.15) is 5.10 Å². The summed E-state index contributed by atoms with van der Waals surface area (Å²) in [7, 11) is 3.57. The normalized spacial score (nSPS) is 11.0. The molecule has 2 aromatic rings. The van der Waals surface area contributed by atoms with Crippen LogP contribution in [0.4, 0.5) is 0 Å².